The number of hydrogen-bond donors (Lipinski definition) is 2. The Morgan fingerprint density at radius 1 is 0.938 bits per heavy atom. The lowest BCUT2D eigenvalue weighted by atomic mass is 10.1. The van der Waals surface area contributed by atoms with Crippen LogP contribution in [0.25, 0.3) is 10.8 Å². The number of benzene rings is 2. The summed E-state index contributed by atoms with van der Waals surface area (Å²) in [4.78, 5) is 53.6. The Bertz CT molecular complexity index is 1230. The van der Waals surface area contributed by atoms with Crippen LogP contribution < -0.4 is 10.9 Å². The zero-order chi connectivity index (χ0) is 22.7. The molecule has 2 aromatic carbocycles. The lowest BCUT2D eigenvalue weighted by Crippen LogP contribution is -2.30. The third-order valence-electron chi connectivity index (χ3n) is 5.02. The minimum absolute atomic E-state index is 0.109. The summed E-state index contributed by atoms with van der Waals surface area (Å²) in [5.41, 5.74) is 0.333. The number of anilines is 1. The summed E-state index contributed by atoms with van der Waals surface area (Å²) in [5.74, 6) is -1.72. The van der Waals surface area contributed by atoms with Crippen molar-refractivity contribution in [1.29, 1.82) is 0 Å². The average molecular weight is 436 g/mol. The Balaban J connectivity index is 1.38. The van der Waals surface area contributed by atoms with Crippen molar-refractivity contribution in [3.8, 4) is 0 Å². The molecule has 10 nitrogen and oxygen atoms in total. The number of fused-ring (bicyclic) bond motifs is 2. The van der Waals surface area contributed by atoms with Gasteiger partial charge in [-0.15, -0.1) is 5.06 Å². The summed E-state index contributed by atoms with van der Waals surface area (Å²) in [6.07, 6.45) is 0.957. The first-order valence-corrected chi connectivity index (χ1v) is 10.0. The third kappa shape index (κ3) is 4.08. The van der Waals surface area contributed by atoms with Crippen LogP contribution in [-0.2, 0) is 16.2 Å². The molecule has 0 radical (unpaired) electrons. The first kappa shape index (κ1) is 21.2. The van der Waals surface area contributed by atoms with Gasteiger partial charge in [0, 0.05) is 11.9 Å². The summed E-state index contributed by atoms with van der Waals surface area (Å²) in [6, 6.07) is 13.4. The molecule has 0 fully saturated rings. The van der Waals surface area contributed by atoms with Gasteiger partial charge in [0.15, 0.2) is 5.82 Å². The number of carbonyl (C=O) groups is 3. The Labute approximate surface area is 182 Å². The quantitative estimate of drug-likeness (QED) is 0.384. The molecule has 1 aromatic heterocycles. The summed E-state index contributed by atoms with van der Waals surface area (Å²) in [6.45, 7) is 0.0398. The molecule has 0 bridgehead atoms. The maximum Gasteiger partial charge on any atom is 0.322 e. The van der Waals surface area contributed by atoms with Crippen molar-refractivity contribution in [1.82, 2.24) is 14.8 Å². The van der Waals surface area contributed by atoms with E-state index in [-0.39, 0.29) is 25.3 Å². The summed E-state index contributed by atoms with van der Waals surface area (Å²) in [7, 11) is 0. The largest absolute Gasteiger partial charge is 0.480 e. The van der Waals surface area contributed by atoms with Crippen LogP contribution >= 0.6 is 0 Å². The van der Waals surface area contributed by atoms with Crippen molar-refractivity contribution in [2.24, 2.45) is 0 Å². The van der Waals surface area contributed by atoms with E-state index in [1.807, 2.05) is 0 Å². The molecule has 0 spiro atoms. The SMILES string of the molecule is O=C(O)CNc1nn(CCCCON2C(=O)c3ccccc3C2=O)c(=O)c2ccccc12. The molecule has 10 heteroatoms. The molecule has 2 N–H and O–H groups in total. The van der Waals surface area contributed by atoms with E-state index in [0.717, 1.165) is 5.06 Å². The first-order chi connectivity index (χ1) is 15.5. The molecule has 4 rings (SSSR count). The van der Waals surface area contributed by atoms with E-state index in [9.17, 15) is 19.2 Å². The number of imide groups is 1. The molecule has 0 saturated heterocycles. The minimum Gasteiger partial charge on any atom is -0.480 e. The maximum absolute atomic E-state index is 12.7. The van der Waals surface area contributed by atoms with E-state index in [2.05, 4.69) is 10.4 Å². The van der Waals surface area contributed by atoms with Crippen LogP contribution in [0.5, 0.6) is 0 Å². The highest BCUT2D eigenvalue weighted by molar-refractivity contribution is 6.20. The Morgan fingerprint density at radius 2 is 1.56 bits per heavy atom. The molecule has 0 saturated carbocycles. The molecular weight excluding hydrogens is 416 g/mol. The van der Waals surface area contributed by atoms with Gasteiger partial charge in [0.05, 0.1) is 23.1 Å². The van der Waals surface area contributed by atoms with E-state index in [1.54, 1.807) is 48.5 Å². The third-order valence-corrected chi connectivity index (χ3v) is 5.02. The summed E-state index contributed by atoms with van der Waals surface area (Å²) >= 11 is 0. The fourth-order valence-electron chi connectivity index (χ4n) is 3.48. The second-order valence-electron chi connectivity index (χ2n) is 7.16. The molecule has 32 heavy (non-hydrogen) atoms. The Kier molecular flexibility index (Phi) is 5.95. The van der Waals surface area contributed by atoms with Crippen molar-refractivity contribution in [3.05, 3.63) is 70.0 Å². The van der Waals surface area contributed by atoms with Gasteiger partial charge in [0.1, 0.15) is 6.54 Å². The fraction of sp³-hybridized carbons (Fsp3) is 0.227. The number of aryl methyl sites for hydroxylation is 1. The molecule has 0 unspecified atom stereocenters. The number of hydrogen-bond acceptors (Lipinski definition) is 7. The van der Waals surface area contributed by atoms with Gasteiger partial charge >= 0.3 is 5.97 Å². The summed E-state index contributed by atoms with van der Waals surface area (Å²) < 4.78 is 1.27. The van der Waals surface area contributed by atoms with Gasteiger partial charge < -0.3 is 10.4 Å². The highest BCUT2D eigenvalue weighted by Crippen LogP contribution is 2.22. The number of hydroxylamine groups is 2. The second kappa shape index (κ2) is 8.98. The van der Waals surface area contributed by atoms with E-state index in [1.165, 1.54) is 4.68 Å². The van der Waals surface area contributed by atoms with Gasteiger partial charge in [-0.25, -0.2) is 4.68 Å². The predicted octanol–water partition coefficient (Wildman–Crippen LogP) is 1.90. The molecule has 0 atom stereocenters. The number of rotatable bonds is 9. The molecule has 164 valence electrons. The zero-order valence-corrected chi connectivity index (χ0v) is 17.0. The molecule has 1 aliphatic rings. The number of carboxylic acid groups (broad SMARTS) is 1. The van der Waals surface area contributed by atoms with Gasteiger partial charge in [-0.1, -0.05) is 30.3 Å². The first-order valence-electron chi connectivity index (χ1n) is 10.0. The normalized spacial score (nSPS) is 12.9. The van der Waals surface area contributed by atoms with Crippen LogP contribution in [0.15, 0.2) is 53.3 Å². The van der Waals surface area contributed by atoms with E-state index >= 15 is 0 Å². The molecule has 2 heterocycles. The van der Waals surface area contributed by atoms with E-state index < -0.39 is 17.8 Å². The topological polar surface area (TPSA) is 131 Å². The Hall–Kier alpha value is -4.05. The van der Waals surface area contributed by atoms with Crippen LogP contribution in [-0.4, -0.2) is 50.9 Å². The van der Waals surface area contributed by atoms with Gasteiger partial charge in [-0.05, 0) is 31.0 Å². The monoisotopic (exact) mass is 436 g/mol. The molecule has 1 aliphatic heterocycles. The lowest BCUT2D eigenvalue weighted by Gasteiger charge is -2.14. The van der Waals surface area contributed by atoms with Crippen LogP contribution in [0.3, 0.4) is 0 Å². The molecule has 3 aromatic rings. The van der Waals surface area contributed by atoms with E-state index in [4.69, 9.17) is 9.94 Å². The second-order valence-corrected chi connectivity index (χ2v) is 7.16. The number of aliphatic carboxylic acids is 1. The van der Waals surface area contributed by atoms with Crippen molar-refractivity contribution < 1.29 is 24.3 Å². The fourth-order valence-corrected chi connectivity index (χ4v) is 3.48. The van der Waals surface area contributed by atoms with Crippen LogP contribution in [0.4, 0.5) is 5.82 Å². The number of carbonyl (C=O) groups excluding carboxylic acids is 2. The van der Waals surface area contributed by atoms with Gasteiger partial charge in [0.25, 0.3) is 17.4 Å². The Morgan fingerprint density at radius 3 is 2.22 bits per heavy atom. The number of nitrogens with zero attached hydrogens (tertiary/aromatic N) is 3. The van der Waals surface area contributed by atoms with E-state index in [0.29, 0.717) is 40.6 Å². The van der Waals surface area contributed by atoms with Gasteiger partial charge in [-0.3, -0.25) is 24.0 Å². The maximum atomic E-state index is 12.7. The van der Waals surface area contributed by atoms with Crippen molar-refractivity contribution >= 4 is 34.4 Å². The van der Waals surface area contributed by atoms with Crippen molar-refractivity contribution in [3.63, 3.8) is 0 Å². The molecular formula is C22H20N4O6. The number of nitrogens with one attached hydrogen (secondary N) is 1. The number of amides is 2. The van der Waals surface area contributed by atoms with Crippen LogP contribution in [0, 0.1) is 0 Å². The predicted molar refractivity (Wildman–Crippen MR) is 114 cm³/mol. The molecule has 0 aliphatic carbocycles. The van der Waals surface area contributed by atoms with Gasteiger partial charge in [-0.2, -0.15) is 5.10 Å². The highest BCUT2D eigenvalue weighted by atomic mass is 16.7. The van der Waals surface area contributed by atoms with Crippen molar-refractivity contribution in [2.75, 3.05) is 18.5 Å². The standard InChI is InChI=1S/C22H20N4O6/c27-18(28)13-23-19-14-7-1-2-8-15(14)20(29)25(24-19)11-5-6-12-32-26-21(30)16-9-3-4-10-17(16)22(26)31/h1-4,7-10H,5-6,11-13H2,(H,23,24)(H,27,28). The lowest BCUT2D eigenvalue weighted by molar-refractivity contribution is -0.134. The minimum atomic E-state index is -1.04. The number of aromatic nitrogens is 2. The van der Waals surface area contributed by atoms with Crippen LogP contribution in [0.1, 0.15) is 33.6 Å². The average Bonchev–Trinajstić information content (AvgIpc) is 3.04. The number of unbranched alkanes of at least 4 members (excludes halogenated alkanes) is 1. The summed E-state index contributed by atoms with van der Waals surface area (Å²) in [5, 5.41) is 17.7. The highest BCUT2D eigenvalue weighted by Gasteiger charge is 2.36. The number of carboxylic acids is 1. The smallest absolute Gasteiger partial charge is 0.322 e. The molecule has 2 amide bonds. The van der Waals surface area contributed by atoms with Crippen LogP contribution in [0.2, 0.25) is 0 Å². The van der Waals surface area contributed by atoms with Gasteiger partial charge in [0.2, 0.25) is 0 Å². The zero-order valence-electron chi connectivity index (χ0n) is 17.0. The van der Waals surface area contributed by atoms with Crippen molar-refractivity contribution in [2.45, 2.75) is 19.4 Å².